The third-order valence-electron chi connectivity index (χ3n) is 5.66. The molecule has 2 aliphatic rings. The molecule has 1 atom stereocenters. The summed E-state index contributed by atoms with van der Waals surface area (Å²) in [5, 5.41) is 2.93. The van der Waals surface area contributed by atoms with Crippen molar-refractivity contribution in [1.82, 2.24) is 10.2 Å². The lowest BCUT2D eigenvalue weighted by atomic mass is 10.0. The van der Waals surface area contributed by atoms with E-state index in [0.29, 0.717) is 29.2 Å². The number of anilines is 1. The lowest BCUT2D eigenvalue weighted by molar-refractivity contribution is 0.0719. The smallest absolute Gasteiger partial charge is 0.257 e. The van der Waals surface area contributed by atoms with Gasteiger partial charge in [0.2, 0.25) is 0 Å². The maximum Gasteiger partial charge on any atom is 0.257 e. The minimum Gasteiger partial charge on any atom is -0.497 e. The minimum absolute atomic E-state index is 0.0519. The van der Waals surface area contributed by atoms with Crippen molar-refractivity contribution in [3.05, 3.63) is 53.1 Å². The van der Waals surface area contributed by atoms with E-state index in [2.05, 4.69) is 10.2 Å². The zero-order valence-corrected chi connectivity index (χ0v) is 16.9. The van der Waals surface area contributed by atoms with Crippen LogP contribution in [0, 0.1) is 0 Å². The van der Waals surface area contributed by atoms with Crippen LogP contribution in [0.5, 0.6) is 11.5 Å². The molecule has 4 rings (SSSR count). The van der Waals surface area contributed by atoms with Gasteiger partial charge >= 0.3 is 0 Å². The largest absolute Gasteiger partial charge is 0.497 e. The molecule has 0 bridgehead atoms. The van der Waals surface area contributed by atoms with Gasteiger partial charge in [-0.3, -0.25) is 9.59 Å². The third kappa shape index (κ3) is 3.48. The summed E-state index contributed by atoms with van der Waals surface area (Å²) in [6.07, 6.45) is 2.04. The molecule has 152 valence electrons. The first-order valence-corrected chi connectivity index (χ1v) is 9.70. The molecule has 2 aliphatic heterocycles. The summed E-state index contributed by atoms with van der Waals surface area (Å²) in [4.78, 5) is 29.5. The summed E-state index contributed by atoms with van der Waals surface area (Å²) < 4.78 is 10.5. The van der Waals surface area contributed by atoms with E-state index in [9.17, 15) is 9.59 Å². The van der Waals surface area contributed by atoms with E-state index in [1.54, 1.807) is 32.4 Å². The standard InChI is InChI=1S/C22H25N3O4/c1-24-19-11-15(6-7-18(19)22(27)25-8-4-5-20(24)25)21(26)23-13-14-9-16(28-2)12-17(10-14)29-3/h6-7,9-12,20H,4-5,8,13H2,1-3H3,(H,23,26). The Hall–Kier alpha value is -3.22. The summed E-state index contributed by atoms with van der Waals surface area (Å²) in [7, 11) is 5.17. The highest BCUT2D eigenvalue weighted by Crippen LogP contribution is 2.35. The van der Waals surface area contributed by atoms with E-state index in [-0.39, 0.29) is 18.0 Å². The number of ether oxygens (including phenoxy) is 2. The quantitative estimate of drug-likeness (QED) is 0.843. The van der Waals surface area contributed by atoms with E-state index in [1.165, 1.54) is 0 Å². The van der Waals surface area contributed by atoms with E-state index in [1.807, 2.05) is 30.1 Å². The second kappa shape index (κ2) is 7.66. The van der Waals surface area contributed by atoms with Crippen LogP contribution in [-0.2, 0) is 6.54 Å². The van der Waals surface area contributed by atoms with Crippen molar-refractivity contribution in [2.24, 2.45) is 0 Å². The molecule has 1 fully saturated rings. The maximum atomic E-state index is 12.7. The second-order valence-electron chi connectivity index (χ2n) is 7.37. The fourth-order valence-electron chi connectivity index (χ4n) is 4.10. The number of rotatable bonds is 5. The highest BCUT2D eigenvalue weighted by molar-refractivity contribution is 6.04. The van der Waals surface area contributed by atoms with Gasteiger partial charge in [0, 0.05) is 31.8 Å². The topological polar surface area (TPSA) is 71.1 Å². The summed E-state index contributed by atoms with van der Waals surface area (Å²) in [5.74, 6) is 1.20. The number of methoxy groups -OCH3 is 2. The van der Waals surface area contributed by atoms with Crippen molar-refractivity contribution >= 4 is 17.5 Å². The molecular weight excluding hydrogens is 370 g/mol. The molecule has 2 heterocycles. The summed E-state index contributed by atoms with van der Waals surface area (Å²) in [6, 6.07) is 10.8. The molecular formula is C22H25N3O4. The Bertz CT molecular complexity index is 937. The van der Waals surface area contributed by atoms with Crippen molar-refractivity contribution < 1.29 is 19.1 Å². The van der Waals surface area contributed by atoms with Crippen LogP contribution in [0.3, 0.4) is 0 Å². The highest BCUT2D eigenvalue weighted by atomic mass is 16.5. The zero-order chi connectivity index (χ0) is 20.5. The lowest BCUT2D eigenvalue weighted by Gasteiger charge is -2.40. The summed E-state index contributed by atoms with van der Waals surface area (Å²) in [6.45, 7) is 1.13. The molecule has 1 N–H and O–H groups in total. The Labute approximate surface area is 170 Å². The predicted molar refractivity (Wildman–Crippen MR) is 110 cm³/mol. The molecule has 29 heavy (non-hydrogen) atoms. The van der Waals surface area contributed by atoms with Gasteiger partial charge in [-0.05, 0) is 48.7 Å². The van der Waals surface area contributed by atoms with Gasteiger partial charge in [0.05, 0.1) is 25.5 Å². The van der Waals surface area contributed by atoms with Gasteiger partial charge in [-0.2, -0.15) is 0 Å². The number of benzene rings is 2. The van der Waals surface area contributed by atoms with Crippen LogP contribution < -0.4 is 19.7 Å². The van der Waals surface area contributed by atoms with Crippen LogP contribution in [0.2, 0.25) is 0 Å². The molecule has 0 saturated carbocycles. The normalized spacial score (nSPS) is 17.6. The van der Waals surface area contributed by atoms with Crippen molar-refractivity contribution in [3.63, 3.8) is 0 Å². The number of fused-ring (bicyclic) bond motifs is 2. The van der Waals surface area contributed by atoms with Crippen LogP contribution in [0.25, 0.3) is 0 Å². The SMILES string of the molecule is COc1cc(CNC(=O)c2ccc3c(c2)N(C)C2CCCN2C3=O)cc(OC)c1. The molecule has 1 unspecified atom stereocenters. The van der Waals surface area contributed by atoms with Gasteiger partial charge in [0.25, 0.3) is 11.8 Å². The molecule has 2 aromatic carbocycles. The maximum absolute atomic E-state index is 12.7. The van der Waals surface area contributed by atoms with Crippen LogP contribution in [0.15, 0.2) is 36.4 Å². The molecule has 0 aliphatic carbocycles. The molecule has 0 spiro atoms. The molecule has 7 nitrogen and oxygen atoms in total. The predicted octanol–water partition coefficient (Wildman–Crippen LogP) is 2.65. The van der Waals surface area contributed by atoms with Crippen molar-refractivity contribution in [2.45, 2.75) is 25.6 Å². The van der Waals surface area contributed by atoms with Crippen molar-refractivity contribution in [1.29, 1.82) is 0 Å². The fraction of sp³-hybridized carbons (Fsp3) is 0.364. The van der Waals surface area contributed by atoms with Crippen molar-refractivity contribution in [3.8, 4) is 11.5 Å². The van der Waals surface area contributed by atoms with E-state index in [0.717, 1.165) is 30.6 Å². The first-order valence-electron chi connectivity index (χ1n) is 9.70. The Morgan fingerprint density at radius 3 is 2.55 bits per heavy atom. The molecule has 0 radical (unpaired) electrons. The van der Waals surface area contributed by atoms with Gasteiger partial charge in [-0.25, -0.2) is 0 Å². The fourth-order valence-corrected chi connectivity index (χ4v) is 4.10. The van der Waals surface area contributed by atoms with Crippen molar-refractivity contribution in [2.75, 3.05) is 32.7 Å². The third-order valence-corrected chi connectivity index (χ3v) is 5.66. The lowest BCUT2D eigenvalue weighted by Crippen LogP contribution is -2.50. The number of carbonyl (C=O) groups is 2. The first-order chi connectivity index (χ1) is 14.0. The molecule has 2 amide bonds. The minimum atomic E-state index is -0.190. The van der Waals surface area contributed by atoms with Crippen LogP contribution >= 0.6 is 0 Å². The number of hydrogen-bond acceptors (Lipinski definition) is 5. The van der Waals surface area contributed by atoms with Crippen LogP contribution in [0.1, 0.15) is 39.1 Å². The van der Waals surface area contributed by atoms with E-state index in [4.69, 9.17) is 9.47 Å². The highest BCUT2D eigenvalue weighted by Gasteiger charge is 2.38. The second-order valence-corrected chi connectivity index (χ2v) is 7.37. The Balaban J connectivity index is 1.52. The average Bonchev–Trinajstić information content (AvgIpc) is 3.25. The number of nitrogens with one attached hydrogen (secondary N) is 1. The number of nitrogens with zero attached hydrogens (tertiary/aromatic N) is 2. The molecule has 7 heteroatoms. The van der Waals surface area contributed by atoms with Gasteiger partial charge in [-0.1, -0.05) is 0 Å². The van der Waals surface area contributed by atoms with Gasteiger partial charge in [0.15, 0.2) is 0 Å². The van der Waals surface area contributed by atoms with Gasteiger partial charge in [-0.15, -0.1) is 0 Å². The zero-order valence-electron chi connectivity index (χ0n) is 16.9. The molecule has 1 saturated heterocycles. The summed E-state index contributed by atoms with van der Waals surface area (Å²) in [5.41, 5.74) is 2.87. The first kappa shape index (κ1) is 19.1. The number of amides is 2. The van der Waals surface area contributed by atoms with Gasteiger partial charge < -0.3 is 24.6 Å². The Morgan fingerprint density at radius 1 is 1.14 bits per heavy atom. The van der Waals surface area contributed by atoms with E-state index < -0.39 is 0 Å². The number of hydrogen-bond donors (Lipinski definition) is 1. The molecule has 0 aromatic heterocycles. The monoisotopic (exact) mass is 395 g/mol. The summed E-state index contributed by atoms with van der Waals surface area (Å²) >= 11 is 0. The Kier molecular flexibility index (Phi) is 5.05. The molecule has 2 aromatic rings. The Morgan fingerprint density at radius 2 is 1.86 bits per heavy atom. The van der Waals surface area contributed by atoms with Gasteiger partial charge in [0.1, 0.15) is 17.7 Å². The average molecular weight is 395 g/mol. The van der Waals surface area contributed by atoms with Crippen LogP contribution in [0.4, 0.5) is 5.69 Å². The number of carbonyl (C=O) groups excluding carboxylic acids is 2. The van der Waals surface area contributed by atoms with E-state index >= 15 is 0 Å². The van der Waals surface area contributed by atoms with Crippen LogP contribution in [-0.4, -0.2) is 50.7 Å².